The Hall–Kier alpha value is -1.19. The molecule has 0 aliphatic rings. The van der Waals surface area contributed by atoms with Gasteiger partial charge in [0, 0.05) is 5.56 Å². The van der Waals surface area contributed by atoms with E-state index in [-0.39, 0.29) is 11.9 Å². The third-order valence-electron chi connectivity index (χ3n) is 1.97. The zero-order chi connectivity index (χ0) is 9.84. The molecule has 0 saturated carbocycles. The van der Waals surface area contributed by atoms with Crippen molar-refractivity contribution in [2.45, 2.75) is 13.0 Å². The minimum Gasteiger partial charge on any atom is -0.271 e. The summed E-state index contributed by atoms with van der Waals surface area (Å²) in [5, 5.41) is 0. The first-order chi connectivity index (χ1) is 6.20. The lowest BCUT2D eigenvalue weighted by atomic mass is 10.0. The fraction of sp³-hybridized carbons (Fsp3) is 0.200. The van der Waals surface area contributed by atoms with Crippen molar-refractivity contribution in [1.29, 1.82) is 0 Å². The number of nitrogens with one attached hydrogen (secondary N) is 1. The Morgan fingerprint density at radius 3 is 2.85 bits per heavy atom. The average molecular weight is 180 g/mol. The van der Waals surface area contributed by atoms with Gasteiger partial charge in [-0.3, -0.25) is 5.84 Å². The molecule has 0 fully saturated rings. The molecular weight excluding hydrogens is 167 g/mol. The fourth-order valence-corrected chi connectivity index (χ4v) is 1.20. The van der Waals surface area contributed by atoms with Crippen LogP contribution in [0.4, 0.5) is 4.39 Å². The number of hydrogen-bond acceptors (Lipinski definition) is 2. The second-order valence-corrected chi connectivity index (χ2v) is 2.86. The summed E-state index contributed by atoms with van der Waals surface area (Å²) in [6.45, 7) is 5.29. The third kappa shape index (κ3) is 1.94. The molecule has 0 amide bonds. The van der Waals surface area contributed by atoms with Crippen molar-refractivity contribution in [2.75, 3.05) is 0 Å². The fourth-order valence-electron chi connectivity index (χ4n) is 1.20. The zero-order valence-electron chi connectivity index (χ0n) is 7.55. The van der Waals surface area contributed by atoms with Crippen LogP contribution in [0.3, 0.4) is 0 Å². The maximum atomic E-state index is 13.5. The van der Waals surface area contributed by atoms with Crippen LogP contribution < -0.4 is 11.3 Å². The van der Waals surface area contributed by atoms with Gasteiger partial charge in [0.15, 0.2) is 0 Å². The lowest BCUT2D eigenvalue weighted by molar-refractivity contribution is 0.562. The highest BCUT2D eigenvalue weighted by atomic mass is 19.1. The van der Waals surface area contributed by atoms with E-state index in [1.807, 2.05) is 0 Å². The summed E-state index contributed by atoms with van der Waals surface area (Å²) in [5.41, 5.74) is 3.61. The summed E-state index contributed by atoms with van der Waals surface area (Å²) in [6, 6.07) is 4.87. The largest absolute Gasteiger partial charge is 0.271 e. The molecule has 1 aromatic rings. The van der Waals surface area contributed by atoms with Crippen LogP contribution in [-0.2, 0) is 0 Å². The van der Waals surface area contributed by atoms with Gasteiger partial charge in [-0.15, -0.1) is 6.58 Å². The molecule has 0 heterocycles. The van der Waals surface area contributed by atoms with Crippen molar-refractivity contribution < 1.29 is 4.39 Å². The summed E-state index contributed by atoms with van der Waals surface area (Å²) in [7, 11) is 0. The third-order valence-corrected chi connectivity index (χ3v) is 1.97. The molecule has 1 atom stereocenters. The summed E-state index contributed by atoms with van der Waals surface area (Å²) in [6.07, 6.45) is 1.57. The van der Waals surface area contributed by atoms with Gasteiger partial charge in [0.25, 0.3) is 0 Å². The molecule has 0 bridgehead atoms. The number of benzene rings is 1. The number of nitrogens with two attached hydrogens (primary N) is 1. The van der Waals surface area contributed by atoms with Gasteiger partial charge in [-0.2, -0.15) is 0 Å². The lowest BCUT2D eigenvalue weighted by Crippen LogP contribution is -2.27. The standard InChI is InChI=1S/C10H13FN2/c1-3-9(13-12)8-6-4-5-7(2)10(8)11/h3-6,9,13H,1,12H2,2H3. The number of rotatable bonds is 3. The smallest absolute Gasteiger partial charge is 0.131 e. The minimum absolute atomic E-state index is 0.231. The summed E-state index contributed by atoms with van der Waals surface area (Å²) in [4.78, 5) is 0. The van der Waals surface area contributed by atoms with Crippen LogP contribution in [0, 0.1) is 12.7 Å². The van der Waals surface area contributed by atoms with E-state index in [2.05, 4.69) is 12.0 Å². The van der Waals surface area contributed by atoms with E-state index in [1.54, 1.807) is 31.2 Å². The number of hydrogen-bond donors (Lipinski definition) is 2. The zero-order valence-corrected chi connectivity index (χ0v) is 7.55. The SMILES string of the molecule is C=CC(NN)c1cccc(C)c1F. The van der Waals surface area contributed by atoms with Crippen molar-refractivity contribution in [3.05, 3.63) is 47.8 Å². The van der Waals surface area contributed by atoms with Crippen molar-refractivity contribution in [3.63, 3.8) is 0 Å². The first-order valence-corrected chi connectivity index (χ1v) is 4.04. The van der Waals surface area contributed by atoms with Crippen LogP contribution in [0.1, 0.15) is 17.2 Å². The molecule has 2 nitrogen and oxygen atoms in total. The highest BCUT2D eigenvalue weighted by Crippen LogP contribution is 2.19. The molecule has 0 aromatic heterocycles. The van der Waals surface area contributed by atoms with E-state index < -0.39 is 0 Å². The number of hydrazine groups is 1. The van der Waals surface area contributed by atoms with Gasteiger partial charge in [0.1, 0.15) is 5.82 Å². The molecular formula is C10H13FN2. The van der Waals surface area contributed by atoms with Gasteiger partial charge in [-0.25, -0.2) is 9.82 Å². The maximum absolute atomic E-state index is 13.5. The highest BCUT2D eigenvalue weighted by Gasteiger charge is 2.11. The van der Waals surface area contributed by atoms with Crippen molar-refractivity contribution in [3.8, 4) is 0 Å². The van der Waals surface area contributed by atoms with Gasteiger partial charge in [-0.1, -0.05) is 24.3 Å². The average Bonchev–Trinajstić information content (AvgIpc) is 2.14. The molecule has 70 valence electrons. The second-order valence-electron chi connectivity index (χ2n) is 2.86. The Labute approximate surface area is 77.2 Å². The Morgan fingerprint density at radius 1 is 1.62 bits per heavy atom. The predicted octanol–water partition coefficient (Wildman–Crippen LogP) is 1.82. The van der Waals surface area contributed by atoms with E-state index in [4.69, 9.17) is 5.84 Å². The quantitative estimate of drug-likeness (QED) is 0.423. The van der Waals surface area contributed by atoms with Crippen LogP contribution >= 0.6 is 0 Å². The molecule has 0 saturated heterocycles. The van der Waals surface area contributed by atoms with Crippen molar-refractivity contribution >= 4 is 0 Å². The highest BCUT2D eigenvalue weighted by molar-refractivity contribution is 5.29. The topological polar surface area (TPSA) is 38.0 Å². The molecule has 0 radical (unpaired) electrons. The van der Waals surface area contributed by atoms with E-state index in [0.717, 1.165) is 0 Å². The summed E-state index contributed by atoms with van der Waals surface area (Å²) < 4.78 is 13.5. The van der Waals surface area contributed by atoms with Crippen molar-refractivity contribution in [2.24, 2.45) is 5.84 Å². The van der Waals surface area contributed by atoms with E-state index in [9.17, 15) is 4.39 Å². The number of aryl methyl sites for hydroxylation is 1. The Balaban J connectivity index is 3.13. The van der Waals surface area contributed by atoms with Gasteiger partial charge >= 0.3 is 0 Å². The van der Waals surface area contributed by atoms with Gasteiger partial charge in [-0.05, 0) is 12.5 Å². The maximum Gasteiger partial charge on any atom is 0.131 e. The molecule has 1 unspecified atom stereocenters. The first kappa shape index (κ1) is 9.89. The molecule has 1 aromatic carbocycles. The van der Waals surface area contributed by atoms with Crippen LogP contribution in [-0.4, -0.2) is 0 Å². The second kappa shape index (κ2) is 4.16. The van der Waals surface area contributed by atoms with E-state index in [0.29, 0.717) is 11.1 Å². The molecule has 0 spiro atoms. The molecule has 1 rings (SSSR count). The molecule has 0 aliphatic heterocycles. The van der Waals surface area contributed by atoms with Crippen molar-refractivity contribution in [1.82, 2.24) is 5.43 Å². The van der Waals surface area contributed by atoms with Crippen LogP contribution in [0.25, 0.3) is 0 Å². The first-order valence-electron chi connectivity index (χ1n) is 4.04. The lowest BCUT2D eigenvalue weighted by Gasteiger charge is -2.13. The normalized spacial score (nSPS) is 12.5. The Bertz CT molecular complexity index is 310. The Kier molecular flexibility index (Phi) is 3.17. The Morgan fingerprint density at radius 2 is 2.31 bits per heavy atom. The van der Waals surface area contributed by atoms with Gasteiger partial charge in [0.2, 0.25) is 0 Å². The molecule has 13 heavy (non-hydrogen) atoms. The molecule has 0 aliphatic carbocycles. The van der Waals surface area contributed by atoms with E-state index in [1.165, 1.54) is 0 Å². The minimum atomic E-state index is -0.333. The summed E-state index contributed by atoms with van der Waals surface area (Å²) in [5.74, 6) is 5.02. The molecule has 3 N–H and O–H groups in total. The van der Waals surface area contributed by atoms with Gasteiger partial charge < -0.3 is 0 Å². The van der Waals surface area contributed by atoms with Crippen LogP contribution in [0.2, 0.25) is 0 Å². The van der Waals surface area contributed by atoms with Crippen LogP contribution in [0.15, 0.2) is 30.9 Å². The monoisotopic (exact) mass is 180 g/mol. The summed E-state index contributed by atoms with van der Waals surface area (Å²) >= 11 is 0. The van der Waals surface area contributed by atoms with Gasteiger partial charge in [0.05, 0.1) is 6.04 Å². The van der Waals surface area contributed by atoms with E-state index >= 15 is 0 Å². The molecule has 3 heteroatoms. The predicted molar refractivity (Wildman–Crippen MR) is 51.4 cm³/mol. The van der Waals surface area contributed by atoms with Crippen LogP contribution in [0.5, 0.6) is 0 Å². The number of halogens is 1.